The predicted molar refractivity (Wildman–Crippen MR) is 76.5 cm³/mol. The maximum Gasteiger partial charge on any atom is 0.281 e. The van der Waals surface area contributed by atoms with Crippen LogP contribution in [0, 0.1) is 17.1 Å². The van der Waals surface area contributed by atoms with Gasteiger partial charge in [-0.15, -0.1) is 0 Å². The zero-order chi connectivity index (χ0) is 17.3. The van der Waals surface area contributed by atoms with E-state index in [1.54, 1.807) is 6.07 Å². The fourth-order valence-electron chi connectivity index (χ4n) is 1.97. The highest BCUT2D eigenvalue weighted by atomic mass is 35.5. The molecule has 2 aromatic rings. The zero-order valence-electron chi connectivity index (χ0n) is 11.6. The van der Waals surface area contributed by atoms with Gasteiger partial charge in [-0.05, 0) is 13.0 Å². The first-order chi connectivity index (χ1) is 10.8. The number of carbonyl (C=O) groups is 1. The average molecular weight is 341 g/mol. The summed E-state index contributed by atoms with van der Waals surface area (Å²) < 4.78 is 40.1. The summed E-state index contributed by atoms with van der Waals surface area (Å²) in [7, 11) is 0. The molecule has 0 aliphatic rings. The van der Waals surface area contributed by atoms with Gasteiger partial charge in [0, 0.05) is 11.1 Å². The Kier molecular flexibility index (Phi) is 4.52. The first-order valence-corrected chi connectivity index (χ1v) is 6.49. The highest BCUT2D eigenvalue weighted by Crippen LogP contribution is 2.37. The molecular weight excluding hydrogens is 333 g/mol. The number of nitriles is 1. The van der Waals surface area contributed by atoms with Crippen LogP contribution in [-0.4, -0.2) is 15.8 Å². The van der Waals surface area contributed by atoms with Gasteiger partial charge in [0.2, 0.25) is 0 Å². The lowest BCUT2D eigenvalue weighted by Gasteiger charge is -2.12. The molecule has 0 bridgehead atoms. The second kappa shape index (κ2) is 6.22. The Bertz CT molecular complexity index is 849. The monoisotopic (exact) mass is 340 g/mol. The van der Waals surface area contributed by atoms with Crippen LogP contribution in [0.15, 0.2) is 12.4 Å². The number of carbonyl (C=O) groups excluding carboxylic acids is 1. The van der Waals surface area contributed by atoms with Crippen LogP contribution in [0.25, 0.3) is 11.3 Å². The molecule has 0 fully saturated rings. The van der Waals surface area contributed by atoms with E-state index < -0.39 is 34.4 Å². The molecule has 0 amide bonds. The minimum atomic E-state index is -2.99. The summed E-state index contributed by atoms with van der Waals surface area (Å²) in [4.78, 5) is 18.6. The molecule has 1 heterocycles. The molecule has 2 N–H and O–H groups in total. The van der Waals surface area contributed by atoms with Gasteiger partial charge in [-0.25, -0.2) is 23.1 Å². The van der Waals surface area contributed by atoms with Crippen molar-refractivity contribution in [2.75, 3.05) is 5.73 Å². The van der Waals surface area contributed by atoms with Crippen LogP contribution in [0.2, 0.25) is 5.02 Å². The van der Waals surface area contributed by atoms with E-state index in [4.69, 9.17) is 22.6 Å². The Morgan fingerprint density at radius 3 is 2.61 bits per heavy atom. The van der Waals surface area contributed by atoms with E-state index >= 15 is 0 Å². The third kappa shape index (κ3) is 2.83. The molecule has 9 heteroatoms. The molecule has 0 radical (unpaired) electrons. The van der Waals surface area contributed by atoms with Crippen LogP contribution in [0.1, 0.15) is 35.0 Å². The van der Waals surface area contributed by atoms with Crippen molar-refractivity contribution in [1.82, 2.24) is 9.97 Å². The number of rotatable bonds is 3. The summed E-state index contributed by atoms with van der Waals surface area (Å²) in [6, 6.07) is 2.65. The molecule has 2 rings (SSSR count). The second-order valence-corrected chi connectivity index (χ2v) is 4.84. The van der Waals surface area contributed by atoms with Crippen LogP contribution in [0.5, 0.6) is 0 Å². The number of Topliss-reactive ketones (excluding diaryl/α,β-unsaturated/α-hetero) is 1. The number of benzene rings is 1. The number of anilines is 1. The molecule has 0 unspecified atom stereocenters. The van der Waals surface area contributed by atoms with Gasteiger partial charge in [0.15, 0.2) is 11.6 Å². The van der Waals surface area contributed by atoms with Gasteiger partial charge in [0.05, 0.1) is 22.0 Å². The molecule has 5 nitrogen and oxygen atoms in total. The Hall–Kier alpha value is -2.66. The third-order valence-electron chi connectivity index (χ3n) is 3.07. The first-order valence-electron chi connectivity index (χ1n) is 6.11. The van der Waals surface area contributed by atoms with E-state index in [0.717, 1.165) is 19.3 Å². The van der Waals surface area contributed by atoms with Crippen LogP contribution in [0.3, 0.4) is 0 Å². The van der Waals surface area contributed by atoms with Gasteiger partial charge in [-0.1, -0.05) is 11.6 Å². The number of nitrogens with two attached hydrogens (primary N) is 1. The summed E-state index contributed by atoms with van der Waals surface area (Å²) in [5, 5.41) is 8.45. The number of nitrogen functional groups attached to an aromatic ring is 1. The largest absolute Gasteiger partial charge is 0.395 e. The van der Waals surface area contributed by atoms with E-state index in [1.165, 1.54) is 0 Å². The summed E-state index contributed by atoms with van der Waals surface area (Å²) in [6.07, 6.45) is -2.19. The molecule has 1 aromatic heterocycles. The van der Waals surface area contributed by atoms with Crippen molar-refractivity contribution in [2.45, 2.75) is 13.3 Å². The van der Waals surface area contributed by atoms with E-state index in [2.05, 4.69) is 9.97 Å². The van der Waals surface area contributed by atoms with Gasteiger partial charge in [0.25, 0.3) is 6.43 Å². The normalized spacial score (nSPS) is 10.7. The topological polar surface area (TPSA) is 92.7 Å². The van der Waals surface area contributed by atoms with Crippen molar-refractivity contribution >= 4 is 23.1 Å². The number of ketones is 1. The molecule has 0 aliphatic carbocycles. The lowest BCUT2D eigenvalue weighted by molar-refractivity contribution is 0.101. The number of nitrogens with zero attached hydrogens (tertiary/aromatic N) is 3. The second-order valence-electron chi connectivity index (χ2n) is 4.46. The van der Waals surface area contributed by atoms with Crippen molar-refractivity contribution in [3.63, 3.8) is 0 Å². The van der Waals surface area contributed by atoms with Crippen LogP contribution >= 0.6 is 11.6 Å². The van der Waals surface area contributed by atoms with Gasteiger partial charge >= 0.3 is 0 Å². The van der Waals surface area contributed by atoms with Gasteiger partial charge in [-0.3, -0.25) is 4.79 Å². The maximum absolute atomic E-state index is 14.4. The van der Waals surface area contributed by atoms with Crippen LogP contribution in [-0.2, 0) is 0 Å². The van der Waals surface area contributed by atoms with Gasteiger partial charge in [-0.2, -0.15) is 5.26 Å². The molecule has 23 heavy (non-hydrogen) atoms. The van der Waals surface area contributed by atoms with Crippen molar-refractivity contribution in [1.29, 1.82) is 5.26 Å². The Balaban J connectivity index is 2.83. The van der Waals surface area contributed by atoms with Crippen molar-refractivity contribution in [3.8, 4) is 17.3 Å². The highest BCUT2D eigenvalue weighted by Gasteiger charge is 2.24. The molecule has 0 aliphatic heterocycles. The summed E-state index contributed by atoms with van der Waals surface area (Å²) >= 11 is 5.81. The fraction of sp³-hybridized carbons (Fsp3) is 0.143. The van der Waals surface area contributed by atoms with Crippen molar-refractivity contribution in [3.05, 3.63) is 40.1 Å². The number of hydrogen-bond acceptors (Lipinski definition) is 5. The van der Waals surface area contributed by atoms with Crippen molar-refractivity contribution in [2.24, 2.45) is 0 Å². The molecule has 0 saturated heterocycles. The maximum atomic E-state index is 14.4. The quantitative estimate of drug-likeness (QED) is 0.681. The molecule has 1 aromatic carbocycles. The average Bonchev–Trinajstić information content (AvgIpc) is 2.49. The minimum absolute atomic E-state index is 0.158. The standard InChI is InChI=1S/C14H8ClF3N4O/c1-5(23)6-2-7(10(16)11(20)8(6)3-19)12-9(15)13(14(17)18)22-4-21-12/h2,4,14H,20H2,1H3. The predicted octanol–water partition coefficient (Wildman–Crippen LogP) is 3.53. The van der Waals surface area contributed by atoms with E-state index in [9.17, 15) is 18.0 Å². The van der Waals surface area contributed by atoms with E-state index in [1.807, 2.05) is 0 Å². The van der Waals surface area contributed by atoms with E-state index in [0.29, 0.717) is 0 Å². The van der Waals surface area contributed by atoms with Crippen LogP contribution < -0.4 is 5.73 Å². The smallest absolute Gasteiger partial charge is 0.281 e. The molecule has 118 valence electrons. The van der Waals surface area contributed by atoms with Crippen LogP contribution in [0.4, 0.5) is 18.9 Å². The van der Waals surface area contributed by atoms with Crippen molar-refractivity contribution < 1.29 is 18.0 Å². The summed E-state index contributed by atoms with van der Waals surface area (Å²) in [5.41, 5.74) is 2.99. The van der Waals surface area contributed by atoms with E-state index in [-0.39, 0.29) is 22.4 Å². The Labute approximate surface area is 133 Å². The molecular formula is C14H8ClF3N4O. The molecule has 0 saturated carbocycles. The Morgan fingerprint density at radius 2 is 2.09 bits per heavy atom. The number of aromatic nitrogens is 2. The highest BCUT2D eigenvalue weighted by molar-refractivity contribution is 6.33. The van der Waals surface area contributed by atoms with Gasteiger partial charge < -0.3 is 5.73 Å². The third-order valence-corrected chi connectivity index (χ3v) is 3.44. The number of halogens is 4. The summed E-state index contributed by atoms with van der Waals surface area (Å²) in [6.45, 7) is 1.16. The Morgan fingerprint density at radius 1 is 1.43 bits per heavy atom. The van der Waals surface area contributed by atoms with Gasteiger partial charge in [0.1, 0.15) is 18.1 Å². The summed E-state index contributed by atoms with van der Waals surface area (Å²) in [5.74, 6) is -1.62. The lowest BCUT2D eigenvalue weighted by Crippen LogP contribution is -2.07. The first kappa shape index (κ1) is 16.7. The minimum Gasteiger partial charge on any atom is -0.395 e. The SMILES string of the molecule is CC(=O)c1cc(-c2ncnc(C(F)F)c2Cl)c(F)c(N)c1C#N. The molecule has 0 atom stereocenters. The number of alkyl halides is 2. The lowest BCUT2D eigenvalue weighted by atomic mass is 9.97. The fourth-order valence-corrected chi connectivity index (χ4v) is 2.26. The molecule has 0 spiro atoms. The number of hydrogen-bond donors (Lipinski definition) is 1. The zero-order valence-corrected chi connectivity index (χ0v) is 12.3.